The Labute approximate surface area is 103 Å². The fourth-order valence-electron chi connectivity index (χ4n) is 1.79. The summed E-state index contributed by atoms with van der Waals surface area (Å²) in [5.41, 5.74) is -1.27. The van der Waals surface area contributed by atoms with Crippen LogP contribution in [0, 0.1) is 11.3 Å². The summed E-state index contributed by atoms with van der Waals surface area (Å²) in [7, 11) is 0. The second-order valence-electron chi connectivity index (χ2n) is 3.79. The van der Waals surface area contributed by atoms with Crippen molar-refractivity contribution in [2.24, 2.45) is 11.3 Å². The van der Waals surface area contributed by atoms with Gasteiger partial charge in [-0.15, -0.1) is 6.58 Å². The molecule has 0 rings (SSSR count). The topological polar surface area (TPSA) is 52.6 Å². The van der Waals surface area contributed by atoms with Gasteiger partial charge < -0.3 is 9.47 Å². The minimum atomic E-state index is -1.27. The zero-order valence-electron chi connectivity index (χ0n) is 11.1. The lowest BCUT2D eigenvalue weighted by Crippen LogP contribution is -2.46. The Morgan fingerprint density at radius 3 is 1.82 bits per heavy atom. The van der Waals surface area contributed by atoms with Crippen molar-refractivity contribution in [1.29, 1.82) is 0 Å². The molecule has 0 radical (unpaired) electrons. The van der Waals surface area contributed by atoms with Gasteiger partial charge in [0.2, 0.25) is 0 Å². The first kappa shape index (κ1) is 15.7. The Bertz CT molecular complexity index is 265. The molecule has 0 saturated heterocycles. The van der Waals surface area contributed by atoms with E-state index in [0.717, 1.165) is 0 Å². The molecule has 0 N–H and O–H groups in total. The number of hydrogen-bond acceptors (Lipinski definition) is 4. The standard InChI is InChI=1S/C13H22O4/c1-6-10(5)13(7-2,11(14)16-8-3)12(15)17-9-4/h6,10H,1,7-9H2,2-5H3. The molecule has 17 heavy (non-hydrogen) atoms. The fraction of sp³-hybridized carbons (Fsp3) is 0.692. The number of rotatable bonds is 7. The average Bonchev–Trinajstić information content (AvgIpc) is 2.31. The molecule has 0 aliphatic heterocycles. The fourth-order valence-corrected chi connectivity index (χ4v) is 1.79. The number of esters is 2. The van der Waals surface area contributed by atoms with Crippen LogP contribution in [-0.2, 0) is 19.1 Å². The molecule has 0 heterocycles. The largest absolute Gasteiger partial charge is 0.465 e. The Kier molecular flexibility index (Phi) is 6.54. The highest BCUT2D eigenvalue weighted by Gasteiger charge is 2.50. The van der Waals surface area contributed by atoms with Crippen molar-refractivity contribution in [3.8, 4) is 0 Å². The average molecular weight is 242 g/mol. The van der Waals surface area contributed by atoms with Gasteiger partial charge in [0.05, 0.1) is 13.2 Å². The van der Waals surface area contributed by atoms with E-state index in [4.69, 9.17) is 9.47 Å². The van der Waals surface area contributed by atoms with Gasteiger partial charge in [-0.25, -0.2) is 0 Å². The van der Waals surface area contributed by atoms with E-state index in [1.54, 1.807) is 33.8 Å². The zero-order valence-corrected chi connectivity index (χ0v) is 11.1. The molecule has 4 nitrogen and oxygen atoms in total. The molecule has 0 aliphatic rings. The Morgan fingerprint density at radius 2 is 1.59 bits per heavy atom. The zero-order chi connectivity index (χ0) is 13.5. The molecular formula is C13H22O4. The Balaban J connectivity index is 5.35. The molecule has 0 aromatic rings. The second-order valence-corrected chi connectivity index (χ2v) is 3.79. The van der Waals surface area contributed by atoms with Crippen molar-refractivity contribution in [2.45, 2.75) is 34.1 Å². The minimum Gasteiger partial charge on any atom is -0.465 e. The van der Waals surface area contributed by atoms with Gasteiger partial charge in [0.1, 0.15) is 0 Å². The molecule has 0 bridgehead atoms. The maximum absolute atomic E-state index is 12.0. The predicted molar refractivity (Wildman–Crippen MR) is 65.4 cm³/mol. The maximum atomic E-state index is 12.0. The molecule has 0 aromatic carbocycles. The molecule has 0 aliphatic carbocycles. The smallest absolute Gasteiger partial charge is 0.324 e. The third-order valence-corrected chi connectivity index (χ3v) is 2.97. The van der Waals surface area contributed by atoms with E-state index in [0.29, 0.717) is 6.42 Å². The monoisotopic (exact) mass is 242 g/mol. The molecule has 0 spiro atoms. The first-order chi connectivity index (χ1) is 8.00. The normalized spacial score (nSPS) is 12.7. The van der Waals surface area contributed by atoms with Gasteiger partial charge >= 0.3 is 11.9 Å². The van der Waals surface area contributed by atoms with Crippen LogP contribution in [0.1, 0.15) is 34.1 Å². The Hall–Kier alpha value is -1.32. The lowest BCUT2D eigenvalue weighted by molar-refractivity contribution is -0.175. The molecule has 1 atom stereocenters. The number of allylic oxidation sites excluding steroid dienone is 1. The summed E-state index contributed by atoms with van der Waals surface area (Å²) in [6.45, 7) is 11.1. The van der Waals surface area contributed by atoms with Crippen LogP contribution in [0.15, 0.2) is 12.7 Å². The SMILES string of the molecule is C=CC(C)C(CC)(C(=O)OCC)C(=O)OCC. The molecule has 0 fully saturated rings. The third-order valence-electron chi connectivity index (χ3n) is 2.97. The van der Waals surface area contributed by atoms with Gasteiger partial charge in [0, 0.05) is 5.92 Å². The van der Waals surface area contributed by atoms with E-state index < -0.39 is 17.4 Å². The predicted octanol–water partition coefficient (Wildman–Crippen LogP) is 2.33. The first-order valence-electron chi connectivity index (χ1n) is 5.98. The lowest BCUT2D eigenvalue weighted by Gasteiger charge is -2.31. The molecule has 0 amide bonds. The van der Waals surface area contributed by atoms with E-state index in [1.807, 2.05) is 0 Å². The van der Waals surface area contributed by atoms with Gasteiger partial charge in [-0.2, -0.15) is 0 Å². The molecule has 1 unspecified atom stereocenters. The molecular weight excluding hydrogens is 220 g/mol. The summed E-state index contributed by atoms with van der Waals surface area (Å²) in [6.07, 6.45) is 1.91. The van der Waals surface area contributed by atoms with E-state index in [-0.39, 0.29) is 19.1 Å². The summed E-state index contributed by atoms with van der Waals surface area (Å²) < 4.78 is 10.0. The third kappa shape index (κ3) is 3.08. The van der Waals surface area contributed by atoms with Crippen LogP contribution in [0.25, 0.3) is 0 Å². The van der Waals surface area contributed by atoms with Crippen molar-refractivity contribution in [1.82, 2.24) is 0 Å². The molecule has 0 aromatic heterocycles. The van der Waals surface area contributed by atoms with Crippen molar-refractivity contribution >= 4 is 11.9 Å². The van der Waals surface area contributed by atoms with E-state index in [1.165, 1.54) is 0 Å². The lowest BCUT2D eigenvalue weighted by atomic mass is 9.74. The number of hydrogen-bond donors (Lipinski definition) is 0. The summed E-state index contributed by atoms with van der Waals surface area (Å²) in [6, 6.07) is 0. The van der Waals surface area contributed by atoms with Crippen molar-refractivity contribution in [3.05, 3.63) is 12.7 Å². The van der Waals surface area contributed by atoms with E-state index >= 15 is 0 Å². The maximum Gasteiger partial charge on any atom is 0.324 e. The van der Waals surface area contributed by atoms with Gasteiger partial charge in [-0.3, -0.25) is 9.59 Å². The van der Waals surface area contributed by atoms with Gasteiger partial charge in [-0.1, -0.05) is 19.9 Å². The number of carbonyl (C=O) groups is 2. The summed E-state index contributed by atoms with van der Waals surface area (Å²) in [5.74, 6) is -1.40. The highest BCUT2D eigenvalue weighted by Crippen LogP contribution is 2.35. The second kappa shape index (κ2) is 7.09. The number of carbonyl (C=O) groups excluding carboxylic acids is 2. The first-order valence-corrected chi connectivity index (χ1v) is 5.98. The van der Waals surface area contributed by atoms with Crippen molar-refractivity contribution in [2.75, 3.05) is 13.2 Å². The van der Waals surface area contributed by atoms with Crippen LogP contribution < -0.4 is 0 Å². The number of ether oxygens (including phenoxy) is 2. The summed E-state index contributed by atoms with van der Waals surface area (Å²) >= 11 is 0. The van der Waals surface area contributed by atoms with Gasteiger partial charge in [-0.05, 0) is 20.3 Å². The van der Waals surface area contributed by atoms with Crippen molar-refractivity contribution < 1.29 is 19.1 Å². The van der Waals surface area contributed by atoms with Crippen LogP contribution in [0.4, 0.5) is 0 Å². The van der Waals surface area contributed by atoms with E-state index in [2.05, 4.69) is 6.58 Å². The van der Waals surface area contributed by atoms with Crippen LogP contribution in [0.3, 0.4) is 0 Å². The highest BCUT2D eigenvalue weighted by molar-refractivity contribution is 6.00. The molecule has 4 heteroatoms. The van der Waals surface area contributed by atoms with Crippen LogP contribution in [0.2, 0.25) is 0 Å². The van der Waals surface area contributed by atoms with Crippen LogP contribution in [0.5, 0.6) is 0 Å². The van der Waals surface area contributed by atoms with Crippen LogP contribution in [-0.4, -0.2) is 25.2 Å². The molecule has 98 valence electrons. The van der Waals surface area contributed by atoms with Crippen LogP contribution >= 0.6 is 0 Å². The van der Waals surface area contributed by atoms with Gasteiger partial charge in [0.15, 0.2) is 5.41 Å². The minimum absolute atomic E-state index is 0.240. The molecule has 0 saturated carbocycles. The van der Waals surface area contributed by atoms with E-state index in [9.17, 15) is 9.59 Å². The Morgan fingerprint density at radius 1 is 1.18 bits per heavy atom. The summed E-state index contributed by atoms with van der Waals surface area (Å²) in [5, 5.41) is 0. The van der Waals surface area contributed by atoms with Gasteiger partial charge in [0.25, 0.3) is 0 Å². The quantitative estimate of drug-likeness (QED) is 0.390. The summed E-state index contributed by atoms with van der Waals surface area (Å²) in [4.78, 5) is 24.1. The highest BCUT2D eigenvalue weighted by atomic mass is 16.6. The van der Waals surface area contributed by atoms with Crippen molar-refractivity contribution in [3.63, 3.8) is 0 Å².